The zero-order valence-electron chi connectivity index (χ0n) is 12.4. The molecule has 0 atom stereocenters. The van der Waals surface area contributed by atoms with Crippen LogP contribution in [0.5, 0.6) is 0 Å². The summed E-state index contributed by atoms with van der Waals surface area (Å²) in [7, 11) is -3.72. The average molecular weight is 342 g/mol. The van der Waals surface area contributed by atoms with Crippen molar-refractivity contribution in [2.75, 3.05) is 11.5 Å². The van der Waals surface area contributed by atoms with Crippen molar-refractivity contribution in [2.45, 2.75) is 9.79 Å². The summed E-state index contributed by atoms with van der Waals surface area (Å²) in [4.78, 5) is 0.218. The zero-order valence-corrected chi connectivity index (χ0v) is 13.2. The van der Waals surface area contributed by atoms with Crippen molar-refractivity contribution in [3.8, 4) is 0 Å². The van der Waals surface area contributed by atoms with Crippen LogP contribution in [0.2, 0.25) is 0 Å². The number of azo groups is 1. The highest BCUT2D eigenvalue weighted by molar-refractivity contribution is 7.91. The molecular formula is C15H14N6O2S. The van der Waals surface area contributed by atoms with Gasteiger partial charge in [-0.2, -0.15) is 5.10 Å². The van der Waals surface area contributed by atoms with E-state index in [0.717, 1.165) is 0 Å². The Morgan fingerprint density at radius 1 is 0.917 bits per heavy atom. The average Bonchev–Trinajstić information content (AvgIpc) is 2.92. The number of anilines is 2. The number of hydrogen-bond acceptors (Lipinski definition) is 7. The molecule has 0 saturated heterocycles. The van der Waals surface area contributed by atoms with E-state index in [1.54, 1.807) is 36.4 Å². The summed E-state index contributed by atoms with van der Waals surface area (Å²) >= 11 is 0. The first-order valence-corrected chi connectivity index (χ1v) is 8.38. The molecule has 9 heteroatoms. The van der Waals surface area contributed by atoms with Crippen molar-refractivity contribution < 1.29 is 8.42 Å². The normalized spacial score (nSPS) is 11.8. The van der Waals surface area contributed by atoms with Gasteiger partial charge in [0.2, 0.25) is 9.84 Å². The van der Waals surface area contributed by atoms with E-state index < -0.39 is 9.84 Å². The summed E-state index contributed by atoms with van der Waals surface area (Å²) in [6, 6.07) is 14.4. The van der Waals surface area contributed by atoms with Crippen LogP contribution in [0.25, 0.3) is 0 Å². The van der Waals surface area contributed by atoms with Crippen LogP contribution in [0.15, 0.2) is 74.6 Å². The number of benzene rings is 2. The van der Waals surface area contributed by atoms with Gasteiger partial charge in [-0.05, 0) is 24.3 Å². The molecule has 3 rings (SSSR count). The molecule has 8 nitrogen and oxygen atoms in total. The third-order valence-corrected chi connectivity index (χ3v) is 5.08. The number of rotatable bonds is 4. The maximum atomic E-state index is 12.8. The van der Waals surface area contributed by atoms with Gasteiger partial charge in [-0.25, -0.2) is 8.42 Å². The molecule has 0 fully saturated rings. The first-order valence-electron chi connectivity index (χ1n) is 6.90. The number of nitrogen functional groups attached to an aromatic ring is 2. The second-order valence-corrected chi connectivity index (χ2v) is 6.77. The maximum Gasteiger partial charge on any atom is 0.208 e. The van der Waals surface area contributed by atoms with Crippen molar-refractivity contribution in [2.24, 2.45) is 10.2 Å². The Hall–Kier alpha value is -3.20. The van der Waals surface area contributed by atoms with Crippen molar-refractivity contribution in [3.05, 3.63) is 54.6 Å². The number of aromatic amines is 1. The number of H-pyrrole nitrogens is 1. The highest BCUT2D eigenvalue weighted by Crippen LogP contribution is 2.33. The lowest BCUT2D eigenvalue weighted by atomic mass is 10.3. The number of nitrogens with zero attached hydrogens (tertiary/aromatic N) is 3. The summed E-state index contributed by atoms with van der Waals surface area (Å²) in [6.45, 7) is 0. The lowest BCUT2D eigenvalue weighted by Crippen LogP contribution is -2.01. The second-order valence-electron chi connectivity index (χ2n) is 4.86. The van der Waals surface area contributed by atoms with E-state index in [-0.39, 0.29) is 32.8 Å². The molecule has 0 unspecified atom stereocenters. The van der Waals surface area contributed by atoms with Crippen LogP contribution in [0, 0.1) is 0 Å². The third kappa shape index (κ3) is 2.84. The van der Waals surface area contributed by atoms with Gasteiger partial charge < -0.3 is 11.5 Å². The minimum absolute atomic E-state index is 0.0422. The first-order chi connectivity index (χ1) is 11.5. The molecule has 0 saturated carbocycles. The van der Waals surface area contributed by atoms with Gasteiger partial charge in [0.05, 0.1) is 9.79 Å². The molecule has 24 heavy (non-hydrogen) atoms. The minimum atomic E-state index is -3.72. The quantitative estimate of drug-likeness (QED) is 0.625. The summed E-state index contributed by atoms with van der Waals surface area (Å²) in [5.74, 6) is 0.235. The van der Waals surface area contributed by atoms with Crippen molar-refractivity contribution in [3.63, 3.8) is 0 Å². The molecule has 122 valence electrons. The predicted octanol–water partition coefficient (Wildman–Crippen LogP) is 2.82. The number of sulfone groups is 1. The highest BCUT2D eigenvalue weighted by Gasteiger charge is 2.21. The van der Waals surface area contributed by atoms with Crippen LogP contribution in [-0.2, 0) is 9.84 Å². The zero-order chi connectivity index (χ0) is 17.2. The smallest absolute Gasteiger partial charge is 0.208 e. The van der Waals surface area contributed by atoms with Crippen molar-refractivity contribution >= 4 is 32.8 Å². The van der Waals surface area contributed by atoms with E-state index >= 15 is 0 Å². The molecule has 1 aromatic heterocycles. The molecule has 3 aromatic rings. The van der Waals surface area contributed by atoms with Crippen molar-refractivity contribution in [1.82, 2.24) is 10.2 Å². The van der Waals surface area contributed by atoms with Crippen LogP contribution in [0.1, 0.15) is 0 Å². The molecule has 0 spiro atoms. The largest absolute Gasteiger partial charge is 0.382 e. The van der Waals surface area contributed by atoms with Crippen LogP contribution in [0.3, 0.4) is 0 Å². The Bertz CT molecular complexity index is 976. The monoisotopic (exact) mass is 342 g/mol. The Morgan fingerprint density at radius 3 is 2.25 bits per heavy atom. The lowest BCUT2D eigenvalue weighted by molar-refractivity contribution is 0.596. The third-order valence-electron chi connectivity index (χ3n) is 3.26. The van der Waals surface area contributed by atoms with Gasteiger partial charge >= 0.3 is 0 Å². The Labute approximate surface area is 138 Å². The van der Waals surface area contributed by atoms with E-state index in [9.17, 15) is 8.42 Å². The Balaban J connectivity index is 2.07. The van der Waals surface area contributed by atoms with Gasteiger partial charge in [0, 0.05) is 0 Å². The molecule has 0 amide bonds. The fourth-order valence-corrected chi connectivity index (χ4v) is 3.48. The van der Waals surface area contributed by atoms with E-state index in [1.165, 1.54) is 18.2 Å². The summed E-state index contributed by atoms with van der Waals surface area (Å²) in [5.41, 5.74) is 11.6. The van der Waals surface area contributed by atoms with E-state index in [0.29, 0.717) is 0 Å². The molecule has 0 radical (unpaired) electrons. The second kappa shape index (κ2) is 6.13. The predicted molar refractivity (Wildman–Crippen MR) is 89.9 cm³/mol. The van der Waals surface area contributed by atoms with Gasteiger partial charge in [-0.15, -0.1) is 10.2 Å². The summed E-state index contributed by atoms with van der Waals surface area (Å²) < 4.78 is 25.6. The van der Waals surface area contributed by atoms with E-state index in [4.69, 9.17) is 11.5 Å². The van der Waals surface area contributed by atoms with E-state index in [1.807, 2.05) is 0 Å². The standard InChI is InChI=1S/C15H14N6O2S/c16-14-13(15(17)21-20-14)19-18-11-8-4-5-9-12(11)24(22,23)10-6-2-1-3-7-10/h1-9H,(H5,16,17,20,21). The molecule has 0 bridgehead atoms. The molecule has 2 aromatic carbocycles. The van der Waals surface area contributed by atoms with Gasteiger partial charge in [-0.1, -0.05) is 30.3 Å². The van der Waals surface area contributed by atoms with Crippen LogP contribution in [-0.4, -0.2) is 18.6 Å². The van der Waals surface area contributed by atoms with Crippen molar-refractivity contribution in [1.29, 1.82) is 0 Å². The molecule has 0 aliphatic carbocycles. The number of nitrogens with one attached hydrogen (secondary N) is 1. The van der Waals surface area contributed by atoms with Crippen LogP contribution in [0.4, 0.5) is 23.0 Å². The minimum Gasteiger partial charge on any atom is -0.382 e. The van der Waals surface area contributed by atoms with Gasteiger partial charge in [-0.3, -0.25) is 5.10 Å². The highest BCUT2D eigenvalue weighted by atomic mass is 32.2. The topological polar surface area (TPSA) is 140 Å². The SMILES string of the molecule is Nc1n[nH]c(N)c1N=Nc1ccccc1S(=O)(=O)c1ccccc1. The maximum absolute atomic E-state index is 12.8. The number of hydrogen-bond donors (Lipinski definition) is 3. The summed E-state index contributed by atoms with van der Waals surface area (Å²) in [5, 5.41) is 14.1. The van der Waals surface area contributed by atoms with Gasteiger partial charge in [0.25, 0.3) is 0 Å². The summed E-state index contributed by atoms with van der Waals surface area (Å²) in [6.07, 6.45) is 0. The number of aromatic nitrogens is 2. The Morgan fingerprint density at radius 2 is 1.58 bits per heavy atom. The van der Waals surface area contributed by atoms with Gasteiger partial charge in [0.1, 0.15) is 11.5 Å². The molecule has 0 aliphatic rings. The Kier molecular flexibility index (Phi) is 4.00. The number of nitrogens with two attached hydrogens (primary N) is 2. The van der Waals surface area contributed by atoms with E-state index in [2.05, 4.69) is 20.4 Å². The molecule has 0 aliphatic heterocycles. The molecule has 1 heterocycles. The molecular weight excluding hydrogens is 328 g/mol. The lowest BCUT2D eigenvalue weighted by Gasteiger charge is -2.06. The van der Waals surface area contributed by atoms with Gasteiger partial charge in [0.15, 0.2) is 11.5 Å². The first kappa shape index (κ1) is 15.7. The molecule has 5 N–H and O–H groups in total. The fraction of sp³-hybridized carbons (Fsp3) is 0. The fourth-order valence-electron chi connectivity index (χ4n) is 2.07. The van der Waals surface area contributed by atoms with Crippen LogP contribution < -0.4 is 11.5 Å². The van der Waals surface area contributed by atoms with Crippen LogP contribution >= 0.6 is 0 Å².